The Balaban J connectivity index is 1.49. The van der Waals surface area contributed by atoms with Gasteiger partial charge in [-0.15, -0.1) is 0 Å². The molecule has 0 bridgehead atoms. The van der Waals surface area contributed by atoms with Gasteiger partial charge in [-0.1, -0.05) is 54.1 Å². The first-order chi connectivity index (χ1) is 13.0. The molecule has 4 nitrogen and oxygen atoms in total. The van der Waals surface area contributed by atoms with Gasteiger partial charge in [-0.3, -0.25) is 9.58 Å². The zero-order valence-corrected chi connectivity index (χ0v) is 16.2. The summed E-state index contributed by atoms with van der Waals surface area (Å²) in [6.45, 7) is 2.53. The van der Waals surface area contributed by atoms with Crippen LogP contribution in [-0.2, 0) is 19.2 Å². The average Bonchev–Trinajstić information content (AvgIpc) is 3.05. The van der Waals surface area contributed by atoms with E-state index in [2.05, 4.69) is 16.2 Å². The van der Waals surface area contributed by atoms with E-state index in [-0.39, 0.29) is 0 Å². The maximum Gasteiger partial charge on any atom is 0.0968 e. The molecule has 0 atom stereocenters. The van der Waals surface area contributed by atoms with Crippen LogP contribution in [0.4, 0.5) is 0 Å². The summed E-state index contributed by atoms with van der Waals surface area (Å²) in [7, 11) is 1.95. The van der Waals surface area contributed by atoms with Gasteiger partial charge in [0.15, 0.2) is 0 Å². The Morgan fingerprint density at radius 2 is 1.81 bits per heavy atom. The molecule has 1 saturated heterocycles. The Morgan fingerprint density at radius 3 is 2.52 bits per heavy atom. The number of hydrogen-bond donors (Lipinski definition) is 1. The summed E-state index contributed by atoms with van der Waals surface area (Å²) in [5.74, 6) is 0. The topological polar surface area (TPSA) is 41.3 Å². The summed E-state index contributed by atoms with van der Waals surface area (Å²) in [6.07, 6.45) is 3.56. The quantitative estimate of drug-likeness (QED) is 0.735. The van der Waals surface area contributed by atoms with Crippen molar-refractivity contribution in [3.05, 3.63) is 76.9 Å². The predicted octanol–water partition coefficient (Wildman–Crippen LogP) is 4.22. The van der Waals surface area contributed by atoms with E-state index in [1.54, 1.807) is 0 Å². The highest BCUT2D eigenvalue weighted by atomic mass is 35.5. The smallest absolute Gasteiger partial charge is 0.0968 e. The van der Waals surface area contributed by atoms with Crippen LogP contribution in [0.1, 0.15) is 24.0 Å². The molecule has 3 aromatic rings. The van der Waals surface area contributed by atoms with Crippen LogP contribution in [-0.4, -0.2) is 32.9 Å². The third-order valence-corrected chi connectivity index (χ3v) is 5.63. The van der Waals surface area contributed by atoms with Crippen LogP contribution < -0.4 is 0 Å². The Labute approximate surface area is 165 Å². The van der Waals surface area contributed by atoms with Crippen molar-refractivity contribution in [3.63, 3.8) is 0 Å². The highest BCUT2D eigenvalue weighted by Gasteiger charge is 2.34. The van der Waals surface area contributed by atoms with Crippen LogP contribution in [0.5, 0.6) is 0 Å². The molecule has 0 spiro atoms. The van der Waals surface area contributed by atoms with Crippen molar-refractivity contribution in [1.82, 2.24) is 14.7 Å². The molecule has 27 heavy (non-hydrogen) atoms. The number of nitrogens with zero attached hydrogens (tertiary/aromatic N) is 3. The van der Waals surface area contributed by atoms with Crippen molar-refractivity contribution in [2.45, 2.75) is 25.0 Å². The number of piperidine rings is 1. The number of aromatic nitrogens is 2. The summed E-state index contributed by atoms with van der Waals surface area (Å²) in [4.78, 5) is 2.39. The van der Waals surface area contributed by atoms with Gasteiger partial charge in [0.25, 0.3) is 0 Å². The molecule has 1 aromatic heterocycles. The van der Waals surface area contributed by atoms with Gasteiger partial charge in [0.2, 0.25) is 0 Å². The molecule has 0 unspecified atom stereocenters. The Morgan fingerprint density at radius 1 is 1.07 bits per heavy atom. The lowest BCUT2D eigenvalue weighted by molar-refractivity contribution is -0.0277. The van der Waals surface area contributed by atoms with E-state index in [0.717, 1.165) is 54.3 Å². The van der Waals surface area contributed by atoms with Crippen molar-refractivity contribution in [2.24, 2.45) is 7.05 Å². The molecule has 1 aliphatic rings. The van der Waals surface area contributed by atoms with Crippen LogP contribution in [0.15, 0.2) is 60.8 Å². The number of aliphatic hydroxyl groups is 1. The normalized spacial score (nSPS) is 17.1. The third kappa shape index (κ3) is 3.93. The Hall–Kier alpha value is -2.14. The van der Waals surface area contributed by atoms with Crippen LogP contribution in [0, 0.1) is 0 Å². The molecule has 4 rings (SSSR count). The van der Waals surface area contributed by atoms with E-state index in [1.165, 1.54) is 5.56 Å². The summed E-state index contributed by atoms with van der Waals surface area (Å²) in [5.41, 5.74) is 3.50. The summed E-state index contributed by atoms with van der Waals surface area (Å²) in [6, 6.07) is 17.8. The third-order valence-electron chi connectivity index (χ3n) is 5.39. The van der Waals surface area contributed by atoms with Gasteiger partial charge < -0.3 is 5.11 Å². The molecule has 0 radical (unpaired) electrons. The van der Waals surface area contributed by atoms with Crippen molar-refractivity contribution in [1.29, 1.82) is 0 Å². The molecule has 1 N–H and O–H groups in total. The molecular formula is C22H24ClN3O. The fourth-order valence-corrected chi connectivity index (χ4v) is 4.08. The van der Waals surface area contributed by atoms with Crippen LogP contribution in [0.25, 0.3) is 11.3 Å². The highest BCUT2D eigenvalue weighted by molar-refractivity contribution is 6.30. The van der Waals surface area contributed by atoms with Crippen LogP contribution >= 0.6 is 11.6 Å². The lowest BCUT2D eigenvalue weighted by Crippen LogP contribution is -2.42. The second kappa shape index (κ2) is 7.47. The number of benzene rings is 2. The van der Waals surface area contributed by atoms with E-state index >= 15 is 0 Å². The minimum atomic E-state index is -0.720. The van der Waals surface area contributed by atoms with Crippen molar-refractivity contribution in [3.8, 4) is 11.3 Å². The molecule has 1 aliphatic heterocycles. The van der Waals surface area contributed by atoms with E-state index in [4.69, 9.17) is 11.6 Å². The van der Waals surface area contributed by atoms with Crippen molar-refractivity contribution < 1.29 is 5.11 Å². The van der Waals surface area contributed by atoms with Gasteiger partial charge in [0, 0.05) is 49.0 Å². The van der Waals surface area contributed by atoms with Gasteiger partial charge in [-0.2, -0.15) is 5.10 Å². The van der Waals surface area contributed by atoms with Gasteiger partial charge in [0.1, 0.15) is 0 Å². The molecule has 2 heterocycles. The fourth-order valence-electron chi connectivity index (χ4n) is 3.89. The zero-order valence-electron chi connectivity index (χ0n) is 15.5. The second-order valence-electron chi connectivity index (χ2n) is 7.36. The number of likely N-dealkylation sites (tertiary alicyclic amines) is 1. The van der Waals surface area contributed by atoms with E-state index in [9.17, 15) is 5.11 Å². The first-order valence-corrected chi connectivity index (χ1v) is 9.70. The molecule has 1 fully saturated rings. The van der Waals surface area contributed by atoms with Crippen LogP contribution in [0.2, 0.25) is 5.02 Å². The zero-order chi connectivity index (χ0) is 18.9. The first-order valence-electron chi connectivity index (χ1n) is 9.32. The first kappa shape index (κ1) is 18.2. The van der Waals surface area contributed by atoms with Crippen LogP contribution in [0.3, 0.4) is 0 Å². The molecule has 0 aliphatic carbocycles. The average molecular weight is 382 g/mol. The Kier molecular flexibility index (Phi) is 5.04. The predicted molar refractivity (Wildman–Crippen MR) is 109 cm³/mol. The minimum absolute atomic E-state index is 0.718. The number of aryl methyl sites for hydroxylation is 1. The number of rotatable bonds is 4. The molecule has 2 aromatic carbocycles. The highest BCUT2D eigenvalue weighted by Crippen LogP contribution is 2.34. The summed E-state index contributed by atoms with van der Waals surface area (Å²) in [5, 5.41) is 16.4. The lowest BCUT2D eigenvalue weighted by Gasteiger charge is -2.38. The van der Waals surface area contributed by atoms with Gasteiger partial charge in [-0.25, -0.2) is 0 Å². The molecule has 5 heteroatoms. The monoisotopic (exact) mass is 381 g/mol. The van der Waals surface area contributed by atoms with E-state index < -0.39 is 5.60 Å². The minimum Gasteiger partial charge on any atom is -0.385 e. The van der Waals surface area contributed by atoms with Gasteiger partial charge >= 0.3 is 0 Å². The largest absolute Gasteiger partial charge is 0.385 e. The number of halogens is 1. The molecule has 0 saturated carbocycles. The number of hydrogen-bond acceptors (Lipinski definition) is 3. The second-order valence-corrected chi connectivity index (χ2v) is 7.80. The molecule has 0 amide bonds. The van der Waals surface area contributed by atoms with E-state index in [0.29, 0.717) is 0 Å². The maximum absolute atomic E-state index is 11.0. The van der Waals surface area contributed by atoms with Crippen molar-refractivity contribution in [2.75, 3.05) is 13.1 Å². The summed E-state index contributed by atoms with van der Waals surface area (Å²) < 4.78 is 1.86. The van der Waals surface area contributed by atoms with Gasteiger partial charge in [-0.05, 0) is 30.5 Å². The van der Waals surface area contributed by atoms with Gasteiger partial charge in [0.05, 0.1) is 11.3 Å². The lowest BCUT2D eigenvalue weighted by atomic mass is 9.84. The molecule has 140 valence electrons. The Bertz CT molecular complexity index is 914. The van der Waals surface area contributed by atoms with Crippen molar-refractivity contribution >= 4 is 11.6 Å². The van der Waals surface area contributed by atoms with E-state index in [1.807, 2.05) is 66.3 Å². The fraction of sp³-hybridized carbons (Fsp3) is 0.318. The molecular weight excluding hydrogens is 358 g/mol. The summed E-state index contributed by atoms with van der Waals surface area (Å²) >= 11 is 6.16. The standard InChI is InChI=1S/C22H24ClN3O/c1-25-15-18(21(24-25)17-6-5-9-20(23)14-17)16-26-12-10-22(27,11-13-26)19-7-3-2-4-8-19/h2-9,14-15,27H,10-13,16H2,1H3. The SMILES string of the molecule is Cn1cc(CN2CCC(O)(c3ccccc3)CC2)c(-c2cccc(Cl)c2)n1. The maximum atomic E-state index is 11.0.